The predicted octanol–water partition coefficient (Wildman–Crippen LogP) is 10.6. The zero-order valence-corrected chi connectivity index (χ0v) is 34.6. The third kappa shape index (κ3) is 29.2. The molecule has 0 aromatic carbocycles. The van der Waals surface area contributed by atoms with E-state index in [2.05, 4.69) is 18.4 Å². The molecule has 1 rings (SSSR count). The summed E-state index contributed by atoms with van der Waals surface area (Å²) in [7, 11) is -4.81. The molecule has 0 bridgehead atoms. The monoisotopic (exact) mass is 783 g/mol. The summed E-state index contributed by atoms with van der Waals surface area (Å²) in [6, 6.07) is 0. The molecule has 0 amide bonds. The van der Waals surface area contributed by atoms with E-state index in [4.69, 9.17) is 19.3 Å². The molecule has 3 N–H and O–H groups in total. The summed E-state index contributed by atoms with van der Waals surface area (Å²) in [4.78, 5) is 55.4. The van der Waals surface area contributed by atoms with Gasteiger partial charge in [-0.05, 0) is 44.1 Å². The molecule has 312 valence electrons. The molecule has 0 spiro atoms. The highest BCUT2D eigenvalue weighted by Crippen LogP contribution is 2.36. The number of ketones is 1. The average Bonchev–Trinajstić information content (AvgIpc) is 3.49. The van der Waals surface area contributed by atoms with Crippen LogP contribution in [0.1, 0.15) is 181 Å². The molecular weight excluding hydrogens is 707 g/mol. The van der Waals surface area contributed by atoms with Gasteiger partial charge in [-0.25, -0.2) is 4.57 Å². The summed E-state index contributed by atoms with van der Waals surface area (Å²) >= 11 is 0. The van der Waals surface area contributed by atoms with Crippen LogP contribution in [0.2, 0.25) is 0 Å². The van der Waals surface area contributed by atoms with Gasteiger partial charge in [-0.1, -0.05) is 166 Å². The number of hydrogen-bond donors (Lipinski definition) is 3. The van der Waals surface area contributed by atoms with Gasteiger partial charge in [0.05, 0.1) is 12.7 Å². The number of phosphoric ester groups is 1. The van der Waals surface area contributed by atoms with Gasteiger partial charge >= 0.3 is 19.8 Å². The molecule has 10 nitrogen and oxygen atoms in total. The number of hydrogen-bond acceptors (Lipinski definition) is 8. The molecule has 0 aromatic heterocycles. The Morgan fingerprint density at radius 3 is 1.85 bits per heavy atom. The standard InChI is InChI=1S/C43H75O10P/c1-3-5-7-8-9-10-11-12-13-14-15-16-17-18-19-20-25-29-42(46)51-35-39(36-52-54(48,49)50)53-43(47)30-26-22-21-24-27-37-31-34-41(45)40(37)33-32-38(44)28-23-6-4-2/h21,24,31-34,37-40,44H,3-20,22-23,25-30,35-36H2,1-2H3,(H2,48,49,50)/b24-21-,33-32+/t37-,38-,39+,40+/m0/s1. The van der Waals surface area contributed by atoms with Crippen molar-refractivity contribution in [3.63, 3.8) is 0 Å². The van der Waals surface area contributed by atoms with Crippen molar-refractivity contribution in [3.8, 4) is 0 Å². The van der Waals surface area contributed by atoms with E-state index in [9.17, 15) is 24.1 Å². The number of aliphatic hydroxyl groups is 1. The van der Waals surface area contributed by atoms with Gasteiger partial charge in [0, 0.05) is 18.8 Å². The van der Waals surface area contributed by atoms with Crippen molar-refractivity contribution in [2.45, 2.75) is 193 Å². The quantitative estimate of drug-likeness (QED) is 0.0242. The van der Waals surface area contributed by atoms with Gasteiger partial charge in [0.2, 0.25) is 0 Å². The molecule has 0 radical (unpaired) electrons. The first kappa shape index (κ1) is 49.9. The molecule has 4 atom stereocenters. The molecule has 0 heterocycles. The van der Waals surface area contributed by atoms with Crippen LogP contribution in [-0.2, 0) is 32.9 Å². The first-order valence-electron chi connectivity index (χ1n) is 21.3. The Hall–Kier alpha value is -2.10. The van der Waals surface area contributed by atoms with Gasteiger partial charge < -0.3 is 24.4 Å². The van der Waals surface area contributed by atoms with Crippen LogP contribution in [0, 0.1) is 11.8 Å². The highest BCUT2D eigenvalue weighted by Gasteiger charge is 2.27. The minimum absolute atomic E-state index is 0.0178. The van der Waals surface area contributed by atoms with E-state index in [1.54, 1.807) is 12.2 Å². The van der Waals surface area contributed by atoms with Crippen LogP contribution in [0.25, 0.3) is 0 Å². The predicted molar refractivity (Wildman–Crippen MR) is 216 cm³/mol. The molecule has 0 aromatic rings. The van der Waals surface area contributed by atoms with E-state index in [1.807, 2.05) is 24.3 Å². The maximum absolute atomic E-state index is 12.5. The number of esters is 2. The van der Waals surface area contributed by atoms with Crippen molar-refractivity contribution in [3.05, 3.63) is 36.5 Å². The molecule has 11 heteroatoms. The van der Waals surface area contributed by atoms with Crippen molar-refractivity contribution in [1.29, 1.82) is 0 Å². The third-order valence-corrected chi connectivity index (χ3v) is 10.4. The maximum Gasteiger partial charge on any atom is 0.469 e. The topological polar surface area (TPSA) is 157 Å². The Morgan fingerprint density at radius 1 is 0.741 bits per heavy atom. The number of rotatable bonds is 36. The Morgan fingerprint density at radius 2 is 1.28 bits per heavy atom. The van der Waals surface area contributed by atoms with E-state index in [-0.39, 0.29) is 37.1 Å². The van der Waals surface area contributed by atoms with Crippen molar-refractivity contribution >= 4 is 25.5 Å². The molecule has 1 aliphatic carbocycles. The number of unbranched alkanes of at least 4 members (excludes halogenated alkanes) is 19. The summed E-state index contributed by atoms with van der Waals surface area (Å²) < 4.78 is 26.4. The third-order valence-electron chi connectivity index (χ3n) is 9.91. The van der Waals surface area contributed by atoms with Crippen LogP contribution in [0.4, 0.5) is 0 Å². The Kier molecular flexibility index (Phi) is 30.6. The maximum atomic E-state index is 12.5. The fourth-order valence-corrected chi connectivity index (χ4v) is 6.96. The minimum Gasteiger partial charge on any atom is -0.462 e. The lowest BCUT2D eigenvalue weighted by atomic mass is 9.90. The van der Waals surface area contributed by atoms with E-state index in [1.165, 1.54) is 83.5 Å². The van der Waals surface area contributed by atoms with Crippen molar-refractivity contribution in [2.24, 2.45) is 11.8 Å². The zero-order valence-electron chi connectivity index (χ0n) is 33.7. The zero-order chi connectivity index (χ0) is 39.7. The normalized spacial score (nSPS) is 17.2. The fourth-order valence-electron chi connectivity index (χ4n) is 6.60. The van der Waals surface area contributed by atoms with Gasteiger partial charge in [0.15, 0.2) is 11.9 Å². The Bertz CT molecular complexity index is 1110. The van der Waals surface area contributed by atoms with Gasteiger partial charge in [0.1, 0.15) is 6.61 Å². The van der Waals surface area contributed by atoms with E-state index in [0.717, 1.165) is 38.5 Å². The van der Waals surface area contributed by atoms with Gasteiger partial charge in [-0.3, -0.25) is 18.9 Å². The first-order chi connectivity index (χ1) is 26.1. The smallest absolute Gasteiger partial charge is 0.462 e. The molecule has 0 aliphatic heterocycles. The number of ether oxygens (including phenoxy) is 2. The van der Waals surface area contributed by atoms with Crippen LogP contribution < -0.4 is 0 Å². The van der Waals surface area contributed by atoms with Crippen molar-refractivity contribution in [2.75, 3.05) is 13.2 Å². The SMILES string of the molecule is CCCCCCCCCCCCCCCCCCCC(=O)OC[C@H](COP(=O)(O)O)OC(=O)CCC/C=C\C[C@H]1C=CC(=O)[C@@H]1/C=C/[C@@H](O)CCCCC. The highest BCUT2D eigenvalue weighted by molar-refractivity contribution is 7.46. The number of carbonyl (C=O) groups excluding carboxylic acids is 3. The molecule has 1 aliphatic rings. The van der Waals surface area contributed by atoms with Gasteiger partial charge in [-0.2, -0.15) is 0 Å². The van der Waals surface area contributed by atoms with Gasteiger partial charge in [0.25, 0.3) is 0 Å². The number of carbonyl (C=O) groups is 3. The lowest BCUT2D eigenvalue weighted by Crippen LogP contribution is -2.29. The van der Waals surface area contributed by atoms with Crippen LogP contribution in [0.5, 0.6) is 0 Å². The van der Waals surface area contributed by atoms with E-state index < -0.39 is 38.6 Å². The van der Waals surface area contributed by atoms with Crippen LogP contribution in [0.15, 0.2) is 36.5 Å². The molecule has 0 saturated carbocycles. The number of allylic oxidation sites excluding steroid dienone is 5. The lowest BCUT2D eigenvalue weighted by molar-refractivity contribution is -0.161. The first-order valence-corrected chi connectivity index (χ1v) is 22.9. The summed E-state index contributed by atoms with van der Waals surface area (Å²) in [6.45, 7) is 3.43. The Labute approximate surface area is 327 Å². The molecular formula is C43H75O10P. The van der Waals surface area contributed by atoms with Crippen LogP contribution in [-0.4, -0.2) is 58.0 Å². The van der Waals surface area contributed by atoms with Crippen LogP contribution >= 0.6 is 7.82 Å². The second-order valence-corrected chi connectivity index (χ2v) is 16.2. The van der Waals surface area contributed by atoms with E-state index in [0.29, 0.717) is 32.1 Å². The van der Waals surface area contributed by atoms with Crippen molar-refractivity contribution in [1.82, 2.24) is 0 Å². The number of phosphoric acid groups is 1. The molecule has 54 heavy (non-hydrogen) atoms. The summed E-state index contributed by atoms with van der Waals surface area (Å²) in [5, 5.41) is 10.2. The van der Waals surface area contributed by atoms with Crippen molar-refractivity contribution < 1.29 is 47.8 Å². The number of aliphatic hydroxyl groups excluding tert-OH is 1. The minimum atomic E-state index is -4.81. The molecule has 0 saturated heterocycles. The van der Waals surface area contributed by atoms with E-state index >= 15 is 0 Å². The second-order valence-electron chi connectivity index (χ2n) is 15.0. The lowest BCUT2D eigenvalue weighted by Gasteiger charge is -2.18. The summed E-state index contributed by atoms with van der Waals surface area (Å²) in [5.74, 6) is -1.27. The highest BCUT2D eigenvalue weighted by atomic mass is 31.2. The summed E-state index contributed by atoms with van der Waals surface area (Å²) in [5.41, 5.74) is 0. The largest absolute Gasteiger partial charge is 0.469 e. The van der Waals surface area contributed by atoms with Crippen LogP contribution in [0.3, 0.4) is 0 Å². The van der Waals surface area contributed by atoms with Gasteiger partial charge in [-0.15, -0.1) is 0 Å². The fraction of sp³-hybridized carbons (Fsp3) is 0.791. The molecule has 0 unspecified atom stereocenters. The average molecular weight is 783 g/mol. The molecule has 0 fully saturated rings. The summed E-state index contributed by atoms with van der Waals surface area (Å²) in [6.07, 6.45) is 36.4. The Balaban J connectivity index is 2.22. The second kappa shape index (κ2) is 33.1.